The molecule has 1 nitrogen and oxygen atoms in total. The van der Waals surface area contributed by atoms with Crippen LogP contribution >= 0.6 is 0 Å². The monoisotopic (exact) mass is 186 g/mol. The molecule has 0 aliphatic heterocycles. The first-order chi connectivity index (χ1) is 6.90. The van der Waals surface area contributed by atoms with E-state index < -0.39 is 0 Å². The largest absolute Gasteiger partial charge is 0.395 e. The highest BCUT2D eigenvalue weighted by atomic mass is 16.2. The summed E-state index contributed by atoms with van der Waals surface area (Å²) in [5.74, 6) is 6.75. The van der Waals surface area contributed by atoms with Crippen LogP contribution in [-0.4, -0.2) is 11.7 Å². The quantitative estimate of drug-likeness (QED) is 0.703. The number of rotatable bonds is 2. The van der Waals surface area contributed by atoms with E-state index in [-0.39, 0.29) is 6.61 Å². The minimum atomic E-state index is 0.146. The molecular formula is C13H14O. The van der Waals surface area contributed by atoms with Crippen molar-refractivity contribution < 1.29 is 5.11 Å². The van der Waals surface area contributed by atoms with Crippen LogP contribution in [-0.2, 0) is 0 Å². The van der Waals surface area contributed by atoms with E-state index in [2.05, 4.69) is 36.1 Å². The van der Waals surface area contributed by atoms with Crippen molar-refractivity contribution in [2.45, 2.75) is 25.2 Å². The number of hydrogen-bond donors (Lipinski definition) is 1. The average molecular weight is 186 g/mol. The maximum atomic E-state index is 8.57. The fourth-order valence-corrected chi connectivity index (χ4v) is 1.48. The molecule has 1 aliphatic carbocycles. The van der Waals surface area contributed by atoms with Crippen LogP contribution in [0.15, 0.2) is 24.3 Å². The molecule has 0 unspecified atom stereocenters. The summed E-state index contributed by atoms with van der Waals surface area (Å²) < 4.78 is 0. The Labute approximate surface area is 84.8 Å². The van der Waals surface area contributed by atoms with Crippen LogP contribution in [0.1, 0.15) is 36.3 Å². The molecule has 1 aliphatic rings. The fourth-order valence-electron chi connectivity index (χ4n) is 1.48. The van der Waals surface area contributed by atoms with E-state index >= 15 is 0 Å². The molecule has 0 saturated heterocycles. The van der Waals surface area contributed by atoms with Gasteiger partial charge in [0.25, 0.3) is 0 Å². The van der Waals surface area contributed by atoms with Gasteiger partial charge in [0, 0.05) is 12.0 Å². The molecule has 2 rings (SSSR count). The Morgan fingerprint density at radius 2 is 1.93 bits per heavy atom. The van der Waals surface area contributed by atoms with Crippen LogP contribution in [0.3, 0.4) is 0 Å². The predicted octanol–water partition coefficient (Wildman–Crippen LogP) is 2.30. The molecule has 1 aromatic rings. The molecule has 0 radical (unpaired) electrons. The summed E-state index contributed by atoms with van der Waals surface area (Å²) in [5.41, 5.74) is 2.49. The first-order valence-corrected chi connectivity index (χ1v) is 5.10. The van der Waals surface area contributed by atoms with Crippen molar-refractivity contribution in [1.29, 1.82) is 0 Å². The summed E-state index contributed by atoms with van der Waals surface area (Å²) in [6.07, 6.45) is 3.25. The molecule has 1 heteroatoms. The van der Waals surface area contributed by atoms with Crippen molar-refractivity contribution in [3.8, 4) is 11.8 Å². The van der Waals surface area contributed by atoms with Crippen LogP contribution in [0.4, 0.5) is 0 Å². The smallest absolute Gasteiger partial charge is 0.0540 e. The van der Waals surface area contributed by atoms with Gasteiger partial charge in [0.2, 0.25) is 0 Å². The van der Waals surface area contributed by atoms with Gasteiger partial charge in [0.1, 0.15) is 0 Å². The third-order valence-corrected chi connectivity index (χ3v) is 2.43. The van der Waals surface area contributed by atoms with Crippen LogP contribution in [0.2, 0.25) is 0 Å². The van der Waals surface area contributed by atoms with E-state index in [1.54, 1.807) is 0 Å². The van der Waals surface area contributed by atoms with E-state index in [1.807, 2.05) is 0 Å². The van der Waals surface area contributed by atoms with Crippen molar-refractivity contribution in [3.63, 3.8) is 0 Å². The van der Waals surface area contributed by atoms with Gasteiger partial charge in [-0.3, -0.25) is 0 Å². The molecule has 1 saturated carbocycles. The fraction of sp³-hybridized carbons (Fsp3) is 0.385. The van der Waals surface area contributed by atoms with E-state index in [4.69, 9.17) is 5.11 Å². The zero-order chi connectivity index (χ0) is 9.80. The molecule has 0 heterocycles. The Morgan fingerprint density at radius 1 is 1.21 bits per heavy atom. The summed E-state index contributed by atoms with van der Waals surface area (Å²) in [4.78, 5) is 0. The number of hydrogen-bond acceptors (Lipinski definition) is 1. The summed E-state index contributed by atoms with van der Waals surface area (Å²) in [7, 11) is 0. The molecule has 0 atom stereocenters. The van der Waals surface area contributed by atoms with Crippen molar-refractivity contribution in [1.82, 2.24) is 0 Å². The second-order valence-corrected chi connectivity index (χ2v) is 3.67. The maximum Gasteiger partial charge on any atom is 0.0540 e. The molecule has 1 aromatic carbocycles. The van der Waals surface area contributed by atoms with Crippen LogP contribution in [0, 0.1) is 11.8 Å². The summed E-state index contributed by atoms with van der Waals surface area (Å²) >= 11 is 0. The third kappa shape index (κ3) is 2.37. The average Bonchev–Trinajstić information content (AvgIpc) is 3.03. The molecule has 1 N–H and O–H groups in total. The lowest BCUT2D eigenvalue weighted by Crippen LogP contribution is -1.80. The highest BCUT2D eigenvalue weighted by Gasteiger charge is 2.22. The zero-order valence-electron chi connectivity index (χ0n) is 8.16. The van der Waals surface area contributed by atoms with Gasteiger partial charge >= 0.3 is 0 Å². The summed E-state index contributed by atoms with van der Waals surface area (Å²) in [6, 6.07) is 8.47. The van der Waals surface area contributed by atoms with Crippen molar-refractivity contribution in [2.24, 2.45) is 0 Å². The van der Waals surface area contributed by atoms with Crippen molar-refractivity contribution in [3.05, 3.63) is 35.4 Å². The zero-order valence-corrected chi connectivity index (χ0v) is 8.16. The van der Waals surface area contributed by atoms with Gasteiger partial charge in [-0.25, -0.2) is 0 Å². The second-order valence-electron chi connectivity index (χ2n) is 3.67. The lowest BCUT2D eigenvalue weighted by molar-refractivity contribution is 0.305. The minimum Gasteiger partial charge on any atom is -0.395 e. The molecule has 0 aromatic heterocycles. The Hall–Kier alpha value is -1.26. The topological polar surface area (TPSA) is 20.2 Å². The van der Waals surface area contributed by atoms with Crippen LogP contribution in [0.25, 0.3) is 0 Å². The second kappa shape index (κ2) is 4.30. The lowest BCUT2D eigenvalue weighted by atomic mass is 10.1. The normalized spacial score (nSPS) is 14.6. The highest BCUT2D eigenvalue weighted by Crippen LogP contribution is 2.39. The number of benzene rings is 1. The molecule has 0 spiro atoms. The molecular weight excluding hydrogens is 172 g/mol. The minimum absolute atomic E-state index is 0.146. The summed E-state index contributed by atoms with van der Waals surface area (Å²) in [6.45, 7) is 0.146. The van der Waals surface area contributed by atoms with Crippen molar-refractivity contribution >= 4 is 0 Å². The Kier molecular flexibility index (Phi) is 2.86. The molecule has 72 valence electrons. The highest BCUT2D eigenvalue weighted by molar-refractivity contribution is 5.37. The van der Waals surface area contributed by atoms with Gasteiger partial charge in [0.05, 0.1) is 6.61 Å². The molecule has 1 fully saturated rings. The molecule has 14 heavy (non-hydrogen) atoms. The van der Waals surface area contributed by atoms with Gasteiger partial charge in [-0.2, -0.15) is 0 Å². The SMILES string of the molecule is OCCC#Cc1ccc(C2CC2)cc1. The molecule has 0 bridgehead atoms. The van der Waals surface area contributed by atoms with Crippen molar-refractivity contribution in [2.75, 3.05) is 6.61 Å². The van der Waals surface area contributed by atoms with E-state index in [9.17, 15) is 0 Å². The Morgan fingerprint density at radius 3 is 2.50 bits per heavy atom. The number of aliphatic hydroxyl groups is 1. The molecule has 0 amide bonds. The summed E-state index contributed by atoms with van der Waals surface area (Å²) in [5, 5.41) is 8.57. The van der Waals surface area contributed by atoms with Gasteiger partial charge in [-0.15, -0.1) is 0 Å². The van der Waals surface area contributed by atoms with Gasteiger partial charge in [0.15, 0.2) is 0 Å². The van der Waals surface area contributed by atoms with Gasteiger partial charge in [-0.1, -0.05) is 24.0 Å². The third-order valence-electron chi connectivity index (χ3n) is 2.43. The number of aliphatic hydroxyl groups excluding tert-OH is 1. The maximum absolute atomic E-state index is 8.57. The van der Waals surface area contributed by atoms with Gasteiger partial charge in [-0.05, 0) is 36.5 Å². The Balaban J connectivity index is 2.03. The van der Waals surface area contributed by atoms with E-state index in [1.165, 1.54) is 18.4 Å². The van der Waals surface area contributed by atoms with Crippen LogP contribution in [0.5, 0.6) is 0 Å². The predicted molar refractivity (Wildman–Crippen MR) is 57.0 cm³/mol. The lowest BCUT2D eigenvalue weighted by Gasteiger charge is -1.96. The van der Waals surface area contributed by atoms with E-state index in [0.29, 0.717) is 6.42 Å². The van der Waals surface area contributed by atoms with E-state index in [0.717, 1.165) is 11.5 Å². The van der Waals surface area contributed by atoms with Gasteiger partial charge < -0.3 is 5.11 Å². The first kappa shape index (κ1) is 9.30. The standard InChI is InChI=1S/C13H14O/c14-10-2-1-3-11-4-6-12(7-5-11)13-8-9-13/h4-7,13-14H,2,8-10H2. The Bertz CT molecular complexity index is 349. The first-order valence-electron chi connectivity index (χ1n) is 5.10. The van der Waals surface area contributed by atoms with Crippen LogP contribution < -0.4 is 0 Å².